The maximum absolute atomic E-state index is 12.6. The summed E-state index contributed by atoms with van der Waals surface area (Å²) in [5, 5.41) is 2.53. The Hall–Kier alpha value is -3.35. The number of esters is 1. The van der Waals surface area contributed by atoms with Gasteiger partial charge < -0.3 is 19.7 Å². The van der Waals surface area contributed by atoms with Crippen LogP contribution >= 0.6 is 0 Å². The molecule has 0 heterocycles. The van der Waals surface area contributed by atoms with E-state index in [-0.39, 0.29) is 31.0 Å². The third-order valence-corrected chi connectivity index (χ3v) is 5.34. The van der Waals surface area contributed by atoms with E-state index in [1.54, 1.807) is 24.1 Å². The molecule has 7 nitrogen and oxygen atoms in total. The molecule has 164 valence electrons. The number of nitrogens with one attached hydrogen (secondary N) is 1. The number of amides is 2. The van der Waals surface area contributed by atoms with Crippen molar-refractivity contribution in [3.8, 4) is 5.75 Å². The van der Waals surface area contributed by atoms with Crippen LogP contribution in [0.5, 0.6) is 5.75 Å². The lowest BCUT2D eigenvalue weighted by Crippen LogP contribution is -2.37. The van der Waals surface area contributed by atoms with E-state index in [1.165, 1.54) is 0 Å². The van der Waals surface area contributed by atoms with Crippen LogP contribution in [0, 0.1) is 13.8 Å². The molecule has 0 saturated heterocycles. The van der Waals surface area contributed by atoms with E-state index < -0.39 is 5.97 Å². The Balaban J connectivity index is 1.46. The lowest BCUT2D eigenvalue weighted by molar-refractivity contribution is -0.151. The monoisotopic (exact) mass is 424 g/mol. The first-order chi connectivity index (χ1) is 14.9. The molecule has 0 radical (unpaired) electrons. The smallest absolute Gasteiger partial charge is 0.325 e. The van der Waals surface area contributed by atoms with E-state index >= 15 is 0 Å². The molecule has 2 aromatic rings. The summed E-state index contributed by atoms with van der Waals surface area (Å²) < 4.78 is 10.3. The molecule has 2 aromatic carbocycles. The van der Waals surface area contributed by atoms with Crippen LogP contribution in [0.15, 0.2) is 42.5 Å². The number of hydrogen-bond donors (Lipinski definition) is 1. The van der Waals surface area contributed by atoms with Gasteiger partial charge in [-0.15, -0.1) is 0 Å². The van der Waals surface area contributed by atoms with Crippen LogP contribution in [-0.2, 0) is 20.9 Å². The summed E-state index contributed by atoms with van der Waals surface area (Å²) in [5.74, 6) is -0.492. The van der Waals surface area contributed by atoms with Gasteiger partial charge in [-0.2, -0.15) is 0 Å². The Morgan fingerprint density at radius 3 is 2.35 bits per heavy atom. The van der Waals surface area contributed by atoms with Gasteiger partial charge in [-0.1, -0.05) is 18.2 Å². The quantitative estimate of drug-likeness (QED) is 0.626. The van der Waals surface area contributed by atoms with Gasteiger partial charge in [0.25, 0.3) is 11.8 Å². The lowest BCUT2D eigenvalue weighted by Gasteiger charge is -2.22. The van der Waals surface area contributed by atoms with E-state index in [9.17, 15) is 14.4 Å². The van der Waals surface area contributed by atoms with E-state index in [1.807, 2.05) is 44.2 Å². The minimum absolute atomic E-state index is 0.179. The van der Waals surface area contributed by atoms with Crippen LogP contribution in [0.3, 0.4) is 0 Å². The highest BCUT2D eigenvalue weighted by molar-refractivity contribution is 5.96. The fraction of sp³-hybridized carbons (Fsp3) is 0.375. The van der Waals surface area contributed by atoms with Crippen molar-refractivity contribution in [3.63, 3.8) is 0 Å². The number of carbonyl (C=O) groups is 3. The van der Waals surface area contributed by atoms with Crippen molar-refractivity contribution in [2.24, 2.45) is 0 Å². The van der Waals surface area contributed by atoms with Crippen LogP contribution in [0.2, 0.25) is 0 Å². The van der Waals surface area contributed by atoms with Crippen molar-refractivity contribution in [2.75, 3.05) is 20.3 Å². The molecular weight excluding hydrogens is 396 g/mol. The zero-order chi connectivity index (χ0) is 22.4. The molecule has 0 unspecified atom stereocenters. The third-order valence-electron chi connectivity index (χ3n) is 5.34. The Kier molecular flexibility index (Phi) is 7.28. The van der Waals surface area contributed by atoms with Crippen LogP contribution < -0.4 is 10.1 Å². The molecule has 7 heteroatoms. The van der Waals surface area contributed by atoms with Gasteiger partial charge >= 0.3 is 5.97 Å². The molecule has 1 saturated carbocycles. The van der Waals surface area contributed by atoms with Crippen molar-refractivity contribution in [1.29, 1.82) is 0 Å². The van der Waals surface area contributed by atoms with Gasteiger partial charge in [0.05, 0.1) is 7.11 Å². The summed E-state index contributed by atoms with van der Waals surface area (Å²) in [7, 11) is 1.60. The van der Waals surface area contributed by atoms with Crippen molar-refractivity contribution in [2.45, 2.75) is 39.3 Å². The molecule has 31 heavy (non-hydrogen) atoms. The zero-order valence-electron chi connectivity index (χ0n) is 18.1. The maximum Gasteiger partial charge on any atom is 0.325 e. The molecule has 1 aliphatic rings. The SMILES string of the molecule is COc1ccc(CN(C(=O)COC(=O)CNC(=O)c2ccc(C)c(C)c2)C2CC2)cc1. The highest BCUT2D eigenvalue weighted by Gasteiger charge is 2.33. The predicted molar refractivity (Wildman–Crippen MR) is 116 cm³/mol. The molecule has 2 amide bonds. The number of nitrogens with zero attached hydrogens (tertiary/aromatic N) is 1. The van der Waals surface area contributed by atoms with E-state index in [2.05, 4.69) is 5.32 Å². The summed E-state index contributed by atoms with van der Waals surface area (Å²) >= 11 is 0. The zero-order valence-corrected chi connectivity index (χ0v) is 18.1. The first-order valence-corrected chi connectivity index (χ1v) is 10.3. The second-order valence-corrected chi connectivity index (χ2v) is 7.74. The van der Waals surface area contributed by atoms with Crippen LogP contribution in [0.4, 0.5) is 0 Å². The summed E-state index contributed by atoms with van der Waals surface area (Å²) in [5.41, 5.74) is 3.54. The molecule has 1 aliphatic carbocycles. The molecular formula is C24H28N2O5. The van der Waals surface area contributed by atoms with Gasteiger partial charge in [-0.05, 0) is 67.6 Å². The second-order valence-electron chi connectivity index (χ2n) is 7.74. The van der Waals surface area contributed by atoms with Crippen molar-refractivity contribution in [1.82, 2.24) is 10.2 Å². The van der Waals surface area contributed by atoms with Crippen LogP contribution in [0.25, 0.3) is 0 Å². The van der Waals surface area contributed by atoms with Gasteiger partial charge in [0, 0.05) is 18.2 Å². The Bertz CT molecular complexity index is 951. The number of rotatable bonds is 9. The summed E-state index contributed by atoms with van der Waals surface area (Å²) in [6.07, 6.45) is 1.89. The van der Waals surface area contributed by atoms with Gasteiger partial charge in [0.15, 0.2) is 6.61 Å². The molecule has 0 atom stereocenters. The highest BCUT2D eigenvalue weighted by Crippen LogP contribution is 2.28. The molecule has 0 bridgehead atoms. The number of aryl methyl sites for hydroxylation is 2. The third kappa shape index (κ3) is 6.31. The van der Waals surface area contributed by atoms with Crippen LogP contribution in [0.1, 0.15) is 39.9 Å². The van der Waals surface area contributed by atoms with E-state index in [0.29, 0.717) is 12.1 Å². The Morgan fingerprint density at radius 1 is 1.03 bits per heavy atom. The van der Waals surface area contributed by atoms with E-state index in [0.717, 1.165) is 35.3 Å². The fourth-order valence-corrected chi connectivity index (χ4v) is 3.15. The lowest BCUT2D eigenvalue weighted by atomic mass is 10.1. The molecule has 0 aromatic heterocycles. The molecule has 1 fully saturated rings. The number of hydrogen-bond acceptors (Lipinski definition) is 5. The topological polar surface area (TPSA) is 84.9 Å². The first-order valence-electron chi connectivity index (χ1n) is 10.3. The van der Waals surface area contributed by atoms with Crippen LogP contribution in [-0.4, -0.2) is 49.0 Å². The maximum atomic E-state index is 12.6. The first kappa shape index (κ1) is 22.3. The average Bonchev–Trinajstić information content (AvgIpc) is 3.61. The highest BCUT2D eigenvalue weighted by atomic mass is 16.5. The van der Waals surface area contributed by atoms with Crippen molar-refractivity contribution in [3.05, 3.63) is 64.7 Å². The second kappa shape index (κ2) is 10.1. The number of methoxy groups -OCH3 is 1. The predicted octanol–water partition coefficient (Wildman–Crippen LogP) is 2.78. The Labute approximate surface area is 182 Å². The largest absolute Gasteiger partial charge is 0.497 e. The normalized spacial score (nSPS) is 12.7. The van der Waals surface area contributed by atoms with E-state index in [4.69, 9.17) is 9.47 Å². The van der Waals surface area contributed by atoms with Crippen molar-refractivity contribution >= 4 is 17.8 Å². The van der Waals surface area contributed by atoms with Gasteiger partial charge in [0.1, 0.15) is 12.3 Å². The number of carbonyl (C=O) groups excluding carboxylic acids is 3. The summed E-state index contributed by atoms with van der Waals surface area (Å²) in [4.78, 5) is 38.6. The van der Waals surface area contributed by atoms with Gasteiger partial charge in [-0.3, -0.25) is 14.4 Å². The molecule has 3 rings (SSSR count). The number of benzene rings is 2. The summed E-state index contributed by atoms with van der Waals surface area (Å²) in [6, 6.07) is 13.0. The summed E-state index contributed by atoms with van der Waals surface area (Å²) in [6.45, 7) is 3.70. The molecule has 1 N–H and O–H groups in total. The van der Waals surface area contributed by atoms with Gasteiger partial charge in [-0.25, -0.2) is 0 Å². The fourth-order valence-electron chi connectivity index (χ4n) is 3.15. The molecule has 0 aliphatic heterocycles. The average molecular weight is 424 g/mol. The number of ether oxygens (including phenoxy) is 2. The van der Waals surface area contributed by atoms with Crippen molar-refractivity contribution < 1.29 is 23.9 Å². The minimum atomic E-state index is -0.647. The van der Waals surface area contributed by atoms with Gasteiger partial charge in [0.2, 0.25) is 0 Å². The Morgan fingerprint density at radius 2 is 1.74 bits per heavy atom. The standard InChI is InChI=1S/C24H28N2O5/c1-16-4-7-19(12-17(16)2)24(29)25-13-23(28)31-15-22(27)26(20-8-9-20)14-18-5-10-21(30-3)11-6-18/h4-7,10-12,20H,8-9,13-15H2,1-3H3,(H,25,29). The molecule has 0 spiro atoms. The minimum Gasteiger partial charge on any atom is -0.497 e.